The van der Waals surface area contributed by atoms with Crippen molar-refractivity contribution in [2.24, 2.45) is 11.3 Å². The Bertz CT molecular complexity index is 421. The highest BCUT2D eigenvalue weighted by Gasteiger charge is 2.20. The summed E-state index contributed by atoms with van der Waals surface area (Å²) in [5.74, 6) is 0.711. The molecule has 2 heteroatoms. The average Bonchev–Trinajstić information content (AvgIpc) is 2.26. The van der Waals surface area contributed by atoms with E-state index in [9.17, 15) is 0 Å². The molecule has 0 aliphatic carbocycles. The van der Waals surface area contributed by atoms with Crippen LogP contribution >= 0.6 is 0 Å². The van der Waals surface area contributed by atoms with Gasteiger partial charge in [-0.3, -0.25) is 0 Å². The molecular formula is C18H32N2. The Morgan fingerprint density at radius 3 is 2.40 bits per heavy atom. The lowest BCUT2D eigenvalue weighted by atomic mass is 9.92. The molecule has 20 heavy (non-hydrogen) atoms. The predicted molar refractivity (Wildman–Crippen MR) is 90.7 cm³/mol. The monoisotopic (exact) mass is 276 g/mol. The normalized spacial score (nSPS) is 12.0. The Labute approximate surface area is 125 Å². The summed E-state index contributed by atoms with van der Waals surface area (Å²) in [6, 6.07) is 6.70. The van der Waals surface area contributed by atoms with Gasteiger partial charge in [-0.25, -0.2) is 0 Å². The van der Waals surface area contributed by atoms with Crippen molar-refractivity contribution in [3.8, 4) is 0 Å². The number of benzene rings is 1. The summed E-state index contributed by atoms with van der Waals surface area (Å²) in [5.41, 5.74) is 4.30. The van der Waals surface area contributed by atoms with Gasteiger partial charge in [0.15, 0.2) is 0 Å². The van der Waals surface area contributed by atoms with E-state index in [-0.39, 0.29) is 5.41 Å². The molecule has 114 valence electrons. The van der Waals surface area contributed by atoms with Gasteiger partial charge < -0.3 is 10.2 Å². The zero-order valence-electron chi connectivity index (χ0n) is 14.4. The van der Waals surface area contributed by atoms with Crippen LogP contribution in [0.2, 0.25) is 0 Å². The summed E-state index contributed by atoms with van der Waals surface area (Å²) in [4.78, 5) is 2.38. The lowest BCUT2D eigenvalue weighted by molar-refractivity contribution is 0.338. The highest BCUT2D eigenvalue weighted by atomic mass is 15.1. The van der Waals surface area contributed by atoms with Gasteiger partial charge >= 0.3 is 0 Å². The zero-order chi connectivity index (χ0) is 15.3. The van der Waals surface area contributed by atoms with Crippen molar-refractivity contribution >= 4 is 5.69 Å². The van der Waals surface area contributed by atoms with Crippen LogP contribution in [0.1, 0.15) is 38.8 Å². The SMILES string of the molecule is Cc1ccc(N(C)CC(C)(C)CNCC(C)C)c(C)c1. The molecule has 0 radical (unpaired) electrons. The molecule has 0 unspecified atom stereocenters. The fourth-order valence-electron chi connectivity index (χ4n) is 2.72. The first kappa shape index (κ1) is 17.0. The van der Waals surface area contributed by atoms with Gasteiger partial charge in [0.2, 0.25) is 0 Å². The summed E-state index contributed by atoms with van der Waals surface area (Å²) < 4.78 is 0. The maximum Gasteiger partial charge on any atom is 0.0393 e. The maximum absolute atomic E-state index is 3.58. The zero-order valence-corrected chi connectivity index (χ0v) is 14.4. The van der Waals surface area contributed by atoms with E-state index in [1.807, 2.05) is 0 Å². The Morgan fingerprint density at radius 2 is 1.85 bits per heavy atom. The van der Waals surface area contributed by atoms with E-state index in [1.165, 1.54) is 16.8 Å². The van der Waals surface area contributed by atoms with Crippen LogP contribution in [-0.2, 0) is 0 Å². The maximum atomic E-state index is 3.58. The van der Waals surface area contributed by atoms with E-state index in [4.69, 9.17) is 0 Å². The molecule has 1 rings (SSSR count). The van der Waals surface area contributed by atoms with Crippen LogP contribution in [-0.4, -0.2) is 26.7 Å². The summed E-state index contributed by atoms with van der Waals surface area (Å²) in [6.07, 6.45) is 0. The Balaban J connectivity index is 2.61. The van der Waals surface area contributed by atoms with E-state index < -0.39 is 0 Å². The lowest BCUT2D eigenvalue weighted by Crippen LogP contribution is -2.40. The van der Waals surface area contributed by atoms with Gasteiger partial charge in [0.05, 0.1) is 0 Å². The smallest absolute Gasteiger partial charge is 0.0393 e. The van der Waals surface area contributed by atoms with Crippen LogP contribution < -0.4 is 10.2 Å². The third kappa shape index (κ3) is 5.54. The van der Waals surface area contributed by atoms with Crippen molar-refractivity contribution < 1.29 is 0 Å². The van der Waals surface area contributed by atoms with Crippen LogP contribution in [0.5, 0.6) is 0 Å². The molecule has 0 aliphatic heterocycles. The molecule has 0 atom stereocenters. The van der Waals surface area contributed by atoms with Crippen LogP contribution in [0.3, 0.4) is 0 Å². The van der Waals surface area contributed by atoms with Crippen molar-refractivity contribution in [3.05, 3.63) is 29.3 Å². The molecule has 1 aromatic carbocycles. The summed E-state index contributed by atoms with van der Waals surface area (Å²) >= 11 is 0. The first-order chi connectivity index (χ1) is 9.21. The number of nitrogens with one attached hydrogen (secondary N) is 1. The Hall–Kier alpha value is -1.02. The minimum atomic E-state index is 0.265. The highest BCUT2D eigenvalue weighted by molar-refractivity contribution is 5.53. The van der Waals surface area contributed by atoms with E-state index in [2.05, 4.69) is 77.0 Å². The summed E-state index contributed by atoms with van der Waals surface area (Å²) in [7, 11) is 2.20. The number of aryl methyl sites for hydroxylation is 2. The van der Waals surface area contributed by atoms with Crippen LogP contribution in [0.4, 0.5) is 5.69 Å². The lowest BCUT2D eigenvalue weighted by Gasteiger charge is -2.33. The van der Waals surface area contributed by atoms with Crippen molar-refractivity contribution in [2.75, 3.05) is 31.6 Å². The molecule has 0 bridgehead atoms. The number of hydrogen-bond donors (Lipinski definition) is 1. The Kier molecular flexibility index (Phi) is 6.07. The van der Waals surface area contributed by atoms with Crippen LogP contribution in [0, 0.1) is 25.2 Å². The van der Waals surface area contributed by atoms with Gasteiger partial charge in [-0.15, -0.1) is 0 Å². The number of rotatable bonds is 7. The fourth-order valence-corrected chi connectivity index (χ4v) is 2.72. The van der Waals surface area contributed by atoms with Gasteiger partial charge in [0.1, 0.15) is 0 Å². The standard InChI is InChI=1S/C18H32N2/c1-14(2)11-19-12-18(5,6)13-20(7)17-9-8-15(3)10-16(17)4/h8-10,14,19H,11-13H2,1-7H3. The van der Waals surface area contributed by atoms with E-state index >= 15 is 0 Å². The van der Waals surface area contributed by atoms with Crippen molar-refractivity contribution in [1.29, 1.82) is 0 Å². The molecule has 0 saturated heterocycles. The molecule has 0 amide bonds. The highest BCUT2D eigenvalue weighted by Crippen LogP contribution is 2.24. The van der Waals surface area contributed by atoms with Crippen LogP contribution in [0.25, 0.3) is 0 Å². The minimum absolute atomic E-state index is 0.265. The molecule has 0 aliphatic rings. The van der Waals surface area contributed by atoms with Gasteiger partial charge in [0.25, 0.3) is 0 Å². The minimum Gasteiger partial charge on any atom is -0.374 e. The molecule has 1 N–H and O–H groups in total. The van der Waals surface area contributed by atoms with Crippen molar-refractivity contribution in [2.45, 2.75) is 41.5 Å². The Morgan fingerprint density at radius 1 is 1.20 bits per heavy atom. The van der Waals surface area contributed by atoms with E-state index in [0.29, 0.717) is 5.92 Å². The number of nitrogens with zero attached hydrogens (tertiary/aromatic N) is 1. The molecule has 0 saturated carbocycles. The largest absolute Gasteiger partial charge is 0.374 e. The van der Waals surface area contributed by atoms with Gasteiger partial charge in [-0.1, -0.05) is 45.4 Å². The molecule has 2 nitrogen and oxygen atoms in total. The number of anilines is 1. The quantitative estimate of drug-likeness (QED) is 0.809. The molecule has 1 aromatic rings. The van der Waals surface area contributed by atoms with E-state index in [0.717, 1.165) is 19.6 Å². The second-order valence-corrected chi connectivity index (χ2v) is 7.33. The second kappa shape index (κ2) is 7.12. The third-order valence-electron chi connectivity index (χ3n) is 3.58. The van der Waals surface area contributed by atoms with Gasteiger partial charge in [-0.05, 0) is 43.4 Å². The average molecular weight is 276 g/mol. The second-order valence-electron chi connectivity index (χ2n) is 7.33. The predicted octanol–water partition coefficient (Wildman–Crippen LogP) is 4.01. The summed E-state index contributed by atoms with van der Waals surface area (Å²) in [5, 5.41) is 3.58. The van der Waals surface area contributed by atoms with Crippen molar-refractivity contribution in [1.82, 2.24) is 5.32 Å². The molecule has 0 aromatic heterocycles. The molecule has 0 fully saturated rings. The first-order valence-corrected chi connectivity index (χ1v) is 7.70. The van der Waals surface area contributed by atoms with Gasteiger partial charge in [0, 0.05) is 25.8 Å². The topological polar surface area (TPSA) is 15.3 Å². The van der Waals surface area contributed by atoms with Crippen LogP contribution in [0.15, 0.2) is 18.2 Å². The van der Waals surface area contributed by atoms with Crippen molar-refractivity contribution in [3.63, 3.8) is 0 Å². The summed E-state index contributed by atoms with van der Waals surface area (Å²) in [6.45, 7) is 16.7. The number of hydrogen-bond acceptors (Lipinski definition) is 2. The van der Waals surface area contributed by atoms with Gasteiger partial charge in [-0.2, -0.15) is 0 Å². The third-order valence-corrected chi connectivity index (χ3v) is 3.58. The van der Waals surface area contributed by atoms with E-state index in [1.54, 1.807) is 0 Å². The first-order valence-electron chi connectivity index (χ1n) is 7.70. The molecule has 0 heterocycles. The molecular weight excluding hydrogens is 244 g/mol. The fraction of sp³-hybridized carbons (Fsp3) is 0.667. The molecule has 0 spiro atoms.